The van der Waals surface area contributed by atoms with Crippen molar-refractivity contribution in [2.24, 2.45) is 5.73 Å². The molecule has 0 spiro atoms. The van der Waals surface area contributed by atoms with E-state index in [9.17, 15) is 9.59 Å². The standard InChI is InChI=1S/C24H31ClN2O4/c1-6-7-13-30-19-14-17(15-27(5)24(3,4)23(26)29)21(25)16(2)20(19)22(28)31-18-11-9-8-10-12-18/h8-12,14H,6-7,13,15H2,1-5H3,(H2,26,29). The van der Waals surface area contributed by atoms with Gasteiger partial charge < -0.3 is 15.2 Å². The molecule has 0 fully saturated rings. The molecule has 0 saturated heterocycles. The van der Waals surface area contributed by atoms with E-state index in [1.54, 1.807) is 58.2 Å². The van der Waals surface area contributed by atoms with Gasteiger partial charge in [-0.1, -0.05) is 43.1 Å². The predicted molar refractivity (Wildman–Crippen MR) is 123 cm³/mol. The van der Waals surface area contributed by atoms with Crippen molar-refractivity contribution in [1.29, 1.82) is 0 Å². The molecule has 0 heterocycles. The molecule has 0 unspecified atom stereocenters. The minimum atomic E-state index is -0.870. The Hall–Kier alpha value is -2.57. The van der Waals surface area contributed by atoms with Crippen LogP contribution in [0.5, 0.6) is 11.5 Å². The number of primary amides is 1. The monoisotopic (exact) mass is 446 g/mol. The molecule has 0 bridgehead atoms. The number of ether oxygens (including phenoxy) is 2. The first-order valence-corrected chi connectivity index (χ1v) is 10.7. The molecule has 2 aromatic carbocycles. The number of hydrogen-bond acceptors (Lipinski definition) is 5. The van der Waals surface area contributed by atoms with Gasteiger partial charge in [0.05, 0.1) is 12.1 Å². The zero-order valence-corrected chi connectivity index (χ0v) is 19.6. The van der Waals surface area contributed by atoms with Crippen LogP contribution in [0.2, 0.25) is 5.02 Å². The average Bonchev–Trinajstić information content (AvgIpc) is 2.72. The van der Waals surface area contributed by atoms with E-state index in [4.69, 9.17) is 26.8 Å². The van der Waals surface area contributed by atoms with Crippen molar-refractivity contribution < 1.29 is 19.1 Å². The van der Waals surface area contributed by atoms with Crippen LogP contribution in [0.15, 0.2) is 36.4 Å². The highest BCUT2D eigenvalue weighted by molar-refractivity contribution is 6.32. The summed E-state index contributed by atoms with van der Waals surface area (Å²) in [5.41, 5.74) is 6.27. The van der Waals surface area contributed by atoms with E-state index in [2.05, 4.69) is 6.92 Å². The van der Waals surface area contributed by atoms with Crippen molar-refractivity contribution in [2.75, 3.05) is 13.7 Å². The van der Waals surface area contributed by atoms with Crippen LogP contribution in [0.3, 0.4) is 0 Å². The number of halogens is 1. The van der Waals surface area contributed by atoms with Crippen LogP contribution in [-0.4, -0.2) is 36.0 Å². The van der Waals surface area contributed by atoms with Crippen molar-refractivity contribution in [3.8, 4) is 11.5 Å². The first-order valence-electron chi connectivity index (χ1n) is 10.3. The van der Waals surface area contributed by atoms with Gasteiger partial charge >= 0.3 is 5.97 Å². The van der Waals surface area contributed by atoms with E-state index in [1.165, 1.54) is 0 Å². The molecule has 6 nitrogen and oxygen atoms in total. The van der Waals surface area contributed by atoms with Crippen LogP contribution in [0.4, 0.5) is 0 Å². The number of hydrogen-bond donors (Lipinski definition) is 1. The van der Waals surface area contributed by atoms with Crippen molar-refractivity contribution in [3.05, 3.63) is 58.1 Å². The Balaban J connectivity index is 2.44. The minimum absolute atomic E-state index is 0.297. The van der Waals surface area contributed by atoms with Gasteiger partial charge in [0.1, 0.15) is 17.1 Å². The fraction of sp³-hybridized carbons (Fsp3) is 0.417. The maximum atomic E-state index is 13.0. The maximum Gasteiger partial charge on any atom is 0.347 e. The zero-order valence-electron chi connectivity index (χ0n) is 18.8. The molecule has 0 aliphatic carbocycles. The van der Waals surface area contributed by atoms with E-state index in [1.807, 2.05) is 11.0 Å². The smallest absolute Gasteiger partial charge is 0.347 e. The molecule has 2 aromatic rings. The summed E-state index contributed by atoms with van der Waals surface area (Å²) < 4.78 is 11.5. The number of nitrogens with two attached hydrogens (primary N) is 1. The summed E-state index contributed by atoms with van der Waals surface area (Å²) in [5.74, 6) is -0.120. The number of carbonyl (C=O) groups is 2. The number of carbonyl (C=O) groups excluding carboxylic acids is 2. The van der Waals surface area contributed by atoms with Gasteiger partial charge in [-0.3, -0.25) is 9.69 Å². The van der Waals surface area contributed by atoms with Crippen molar-refractivity contribution in [1.82, 2.24) is 4.90 Å². The molecule has 7 heteroatoms. The summed E-state index contributed by atoms with van der Waals surface area (Å²) in [6, 6.07) is 10.6. The highest BCUT2D eigenvalue weighted by Crippen LogP contribution is 2.34. The van der Waals surface area contributed by atoms with Crippen LogP contribution < -0.4 is 15.2 Å². The molecule has 2 N–H and O–H groups in total. The molecule has 2 rings (SSSR count). The van der Waals surface area contributed by atoms with E-state index in [0.717, 1.165) is 18.4 Å². The third-order valence-electron chi connectivity index (χ3n) is 5.42. The quantitative estimate of drug-likeness (QED) is 0.324. The van der Waals surface area contributed by atoms with Crippen LogP contribution in [0, 0.1) is 6.92 Å². The second kappa shape index (κ2) is 10.6. The molecule has 0 aromatic heterocycles. The number of benzene rings is 2. The van der Waals surface area contributed by atoms with Crippen molar-refractivity contribution in [2.45, 2.75) is 52.6 Å². The van der Waals surface area contributed by atoms with Crippen LogP contribution >= 0.6 is 11.6 Å². The molecule has 168 valence electrons. The third-order valence-corrected chi connectivity index (χ3v) is 5.94. The minimum Gasteiger partial charge on any atom is -0.493 e. The fourth-order valence-corrected chi connectivity index (χ4v) is 3.13. The Bertz CT molecular complexity index is 929. The number of para-hydroxylation sites is 1. The molecule has 0 aliphatic heterocycles. The lowest BCUT2D eigenvalue weighted by atomic mass is 9.99. The molecule has 0 saturated carbocycles. The second-order valence-corrected chi connectivity index (χ2v) is 8.41. The highest BCUT2D eigenvalue weighted by atomic mass is 35.5. The first kappa shape index (κ1) is 24.7. The number of nitrogens with zero attached hydrogens (tertiary/aromatic N) is 1. The number of amides is 1. The molecular formula is C24H31ClN2O4. The van der Waals surface area contributed by atoms with Gasteiger partial charge in [-0.2, -0.15) is 0 Å². The molecule has 0 aliphatic rings. The zero-order chi connectivity index (χ0) is 23.2. The van der Waals surface area contributed by atoms with E-state index >= 15 is 0 Å². The largest absolute Gasteiger partial charge is 0.493 e. The van der Waals surface area contributed by atoms with Gasteiger partial charge in [-0.15, -0.1) is 0 Å². The van der Waals surface area contributed by atoms with E-state index in [0.29, 0.717) is 40.8 Å². The molecule has 0 radical (unpaired) electrons. The Morgan fingerprint density at radius 2 is 1.84 bits per heavy atom. The Labute approximate surface area is 189 Å². The fourth-order valence-electron chi connectivity index (χ4n) is 2.93. The Kier molecular flexibility index (Phi) is 8.48. The molecular weight excluding hydrogens is 416 g/mol. The SMILES string of the molecule is CCCCOc1cc(CN(C)C(C)(C)C(N)=O)c(Cl)c(C)c1C(=O)Oc1ccccc1. The summed E-state index contributed by atoms with van der Waals surface area (Å²) in [6.45, 7) is 8.15. The first-order chi connectivity index (χ1) is 14.6. The van der Waals surface area contributed by atoms with Gasteiger partial charge in [0.15, 0.2) is 0 Å². The lowest BCUT2D eigenvalue weighted by Gasteiger charge is -2.33. The topological polar surface area (TPSA) is 81.9 Å². The summed E-state index contributed by atoms with van der Waals surface area (Å²) >= 11 is 6.65. The summed E-state index contributed by atoms with van der Waals surface area (Å²) in [7, 11) is 1.80. The average molecular weight is 447 g/mol. The third kappa shape index (κ3) is 5.99. The Morgan fingerprint density at radius 3 is 2.42 bits per heavy atom. The number of unbranched alkanes of at least 4 members (excludes halogenated alkanes) is 1. The number of rotatable bonds is 10. The highest BCUT2D eigenvalue weighted by Gasteiger charge is 2.31. The predicted octanol–water partition coefficient (Wildman–Crippen LogP) is 4.74. The van der Waals surface area contributed by atoms with Gasteiger partial charge in [0.25, 0.3) is 0 Å². The van der Waals surface area contributed by atoms with Crippen LogP contribution in [0.1, 0.15) is 55.1 Å². The van der Waals surface area contributed by atoms with E-state index < -0.39 is 17.4 Å². The van der Waals surface area contributed by atoms with Gasteiger partial charge in [0, 0.05) is 11.6 Å². The van der Waals surface area contributed by atoms with Crippen LogP contribution in [0.25, 0.3) is 0 Å². The van der Waals surface area contributed by atoms with Crippen molar-refractivity contribution in [3.63, 3.8) is 0 Å². The lowest BCUT2D eigenvalue weighted by Crippen LogP contribution is -2.51. The summed E-state index contributed by atoms with van der Waals surface area (Å²) in [4.78, 5) is 26.6. The van der Waals surface area contributed by atoms with Crippen LogP contribution in [-0.2, 0) is 11.3 Å². The maximum absolute atomic E-state index is 13.0. The summed E-state index contributed by atoms with van der Waals surface area (Å²) in [6.07, 6.45) is 1.80. The second-order valence-electron chi connectivity index (χ2n) is 8.03. The normalized spacial score (nSPS) is 11.5. The Morgan fingerprint density at radius 1 is 1.19 bits per heavy atom. The van der Waals surface area contributed by atoms with Gasteiger partial charge in [-0.25, -0.2) is 4.79 Å². The molecule has 31 heavy (non-hydrogen) atoms. The number of esters is 1. The summed E-state index contributed by atoms with van der Waals surface area (Å²) in [5, 5.41) is 0.426. The van der Waals surface area contributed by atoms with E-state index in [-0.39, 0.29) is 0 Å². The van der Waals surface area contributed by atoms with Gasteiger partial charge in [0.2, 0.25) is 5.91 Å². The molecule has 1 amide bonds. The van der Waals surface area contributed by atoms with Crippen molar-refractivity contribution >= 4 is 23.5 Å². The van der Waals surface area contributed by atoms with Gasteiger partial charge in [-0.05, 0) is 63.6 Å². The number of likely N-dealkylation sites (N-methyl/N-ethyl adjacent to an activating group) is 1. The molecule has 0 atom stereocenters. The lowest BCUT2D eigenvalue weighted by molar-refractivity contribution is -0.127.